The quantitative estimate of drug-likeness (QED) is 0.565. The van der Waals surface area contributed by atoms with E-state index in [1.807, 2.05) is 0 Å². The summed E-state index contributed by atoms with van der Waals surface area (Å²) < 4.78 is 5.30. The summed E-state index contributed by atoms with van der Waals surface area (Å²) >= 11 is 0. The van der Waals surface area contributed by atoms with E-state index in [9.17, 15) is 0 Å². The normalized spacial score (nSPS) is 17.8. The van der Waals surface area contributed by atoms with Gasteiger partial charge >= 0.3 is 0 Å². The third-order valence-corrected chi connectivity index (χ3v) is 2.94. The van der Waals surface area contributed by atoms with Crippen molar-refractivity contribution in [1.29, 1.82) is 0 Å². The average Bonchev–Trinajstić information content (AvgIpc) is 2.34. The van der Waals surface area contributed by atoms with Gasteiger partial charge in [0, 0.05) is 19.7 Å². The molecular formula is C12H26N2O2. The van der Waals surface area contributed by atoms with E-state index in [1.54, 1.807) is 0 Å². The molecule has 0 saturated carbocycles. The molecule has 16 heavy (non-hydrogen) atoms. The molecule has 0 atom stereocenters. The lowest BCUT2D eigenvalue weighted by atomic mass is 10.2. The van der Waals surface area contributed by atoms with E-state index in [0.717, 1.165) is 52.2 Å². The van der Waals surface area contributed by atoms with Crippen molar-refractivity contribution in [3.05, 3.63) is 0 Å². The topological polar surface area (TPSA) is 44.7 Å². The fourth-order valence-corrected chi connectivity index (χ4v) is 1.92. The predicted octanol–water partition coefficient (Wildman–Crippen LogP) is 0.461. The van der Waals surface area contributed by atoms with Crippen molar-refractivity contribution in [2.75, 3.05) is 52.5 Å². The van der Waals surface area contributed by atoms with Gasteiger partial charge in [-0.15, -0.1) is 0 Å². The Morgan fingerprint density at radius 2 is 1.75 bits per heavy atom. The van der Waals surface area contributed by atoms with Gasteiger partial charge in [0.05, 0.1) is 13.2 Å². The van der Waals surface area contributed by atoms with E-state index in [1.165, 1.54) is 19.4 Å². The monoisotopic (exact) mass is 230 g/mol. The molecule has 0 amide bonds. The van der Waals surface area contributed by atoms with Gasteiger partial charge in [0.15, 0.2) is 0 Å². The summed E-state index contributed by atoms with van der Waals surface area (Å²) in [5, 5.41) is 12.1. The highest BCUT2D eigenvalue weighted by Gasteiger charge is 2.08. The SMILES string of the molecule is OCCCCCNCCCN1CCOCC1. The Hall–Kier alpha value is -0.160. The molecule has 0 aromatic carbocycles. The molecule has 0 radical (unpaired) electrons. The molecule has 4 nitrogen and oxygen atoms in total. The maximum absolute atomic E-state index is 8.62. The molecule has 1 aliphatic heterocycles. The Bertz CT molecular complexity index is 150. The van der Waals surface area contributed by atoms with Gasteiger partial charge in [-0.25, -0.2) is 0 Å². The van der Waals surface area contributed by atoms with Crippen molar-refractivity contribution in [2.24, 2.45) is 0 Å². The number of unbranched alkanes of at least 4 members (excludes halogenated alkanes) is 2. The summed E-state index contributed by atoms with van der Waals surface area (Å²) in [5.74, 6) is 0. The smallest absolute Gasteiger partial charge is 0.0594 e. The van der Waals surface area contributed by atoms with Crippen LogP contribution in [0.4, 0.5) is 0 Å². The average molecular weight is 230 g/mol. The van der Waals surface area contributed by atoms with Crippen LogP contribution in [0.3, 0.4) is 0 Å². The van der Waals surface area contributed by atoms with Crippen molar-refractivity contribution < 1.29 is 9.84 Å². The molecule has 4 heteroatoms. The number of aliphatic hydroxyl groups excluding tert-OH is 1. The Labute approximate surface area is 99.0 Å². The highest BCUT2D eigenvalue weighted by atomic mass is 16.5. The van der Waals surface area contributed by atoms with Crippen molar-refractivity contribution in [1.82, 2.24) is 10.2 Å². The van der Waals surface area contributed by atoms with E-state index in [0.29, 0.717) is 6.61 Å². The molecule has 2 N–H and O–H groups in total. The maximum atomic E-state index is 8.62. The minimum absolute atomic E-state index is 0.330. The Morgan fingerprint density at radius 3 is 2.50 bits per heavy atom. The van der Waals surface area contributed by atoms with Gasteiger partial charge in [-0.2, -0.15) is 0 Å². The van der Waals surface area contributed by atoms with Crippen LogP contribution in [0.1, 0.15) is 25.7 Å². The van der Waals surface area contributed by atoms with E-state index < -0.39 is 0 Å². The van der Waals surface area contributed by atoms with Crippen LogP contribution in [-0.4, -0.2) is 62.6 Å². The molecule has 0 spiro atoms. The summed E-state index contributed by atoms with van der Waals surface area (Å²) in [5.41, 5.74) is 0. The first-order chi connectivity index (χ1) is 7.93. The second-order valence-electron chi connectivity index (χ2n) is 4.34. The Morgan fingerprint density at radius 1 is 1.00 bits per heavy atom. The summed E-state index contributed by atoms with van der Waals surface area (Å²) in [6.45, 7) is 7.69. The number of hydrogen-bond donors (Lipinski definition) is 2. The lowest BCUT2D eigenvalue weighted by molar-refractivity contribution is 0.0374. The lowest BCUT2D eigenvalue weighted by Crippen LogP contribution is -2.37. The molecule has 1 heterocycles. The minimum Gasteiger partial charge on any atom is -0.396 e. The van der Waals surface area contributed by atoms with Gasteiger partial charge in [-0.05, 0) is 45.3 Å². The van der Waals surface area contributed by atoms with Gasteiger partial charge in [0.25, 0.3) is 0 Å². The molecule has 0 aromatic rings. The highest BCUT2D eigenvalue weighted by Crippen LogP contribution is 1.97. The summed E-state index contributed by atoms with van der Waals surface area (Å²) in [7, 11) is 0. The van der Waals surface area contributed by atoms with E-state index in [4.69, 9.17) is 9.84 Å². The first kappa shape index (κ1) is 13.9. The maximum Gasteiger partial charge on any atom is 0.0594 e. The number of morpholine rings is 1. The van der Waals surface area contributed by atoms with E-state index in [-0.39, 0.29) is 0 Å². The second kappa shape index (κ2) is 10.0. The number of rotatable bonds is 9. The predicted molar refractivity (Wildman–Crippen MR) is 65.7 cm³/mol. The molecule has 1 saturated heterocycles. The molecule has 0 unspecified atom stereocenters. The molecule has 0 aromatic heterocycles. The van der Waals surface area contributed by atoms with Crippen LogP contribution in [0.15, 0.2) is 0 Å². The number of nitrogens with one attached hydrogen (secondary N) is 1. The fourth-order valence-electron chi connectivity index (χ4n) is 1.92. The molecule has 0 aliphatic carbocycles. The Kier molecular flexibility index (Phi) is 8.71. The van der Waals surface area contributed by atoms with Crippen molar-refractivity contribution in [3.8, 4) is 0 Å². The summed E-state index contributed by atoms with van der Waals surface area (Å²) in [4.78, 5) is 2.47. The van der Waals surface area contributed by atoms with E-state index >= 15 is 0 Å². The fraction of sp³-hybridized carbons (Fsp3) is 1.00. The Balaban J connectivity index is 1.77. The van der Waals surface area contributed by atoms with Crippen LogP contribution >= 0.6 is 0 Å². The van der Waals surface area contributed by atoms with Gasteiger partial charge in [0.2, 0.25) is 0 Å². The number of nitrogens with zero attached hydrogens (tertiary/aromatic N) is 1. The van der Waals surface area contributed by atoms with Crippen LogP contribution in [-0.2, 0) is 4.74 Å². The zero-order valence-corrected chi connectivity index (χ0v) is 10.3. The zero-order chi connectivity index (χ0) is 11.5. The summed E-state index contributed by atoms with van der Waals surface area (Å²) in [6.07, 6.45) is 4.47. The molecule has 1 fully saturated rings. The third kappa shape index (κ3) is 7.17. The van der Waals surface area contributed by atoms with Gasteiger partial charge < -0.3 is 15.2 Å². The van der Waals surface area contributed by atoms with Crippen LogP contribution in [0, 0.1) is 0 Å². The molecule has 1 aliphatic rings. The van der Waals surface area contributed by atoms with Crippen LogP contribution in [0.2, 0.25) is 0 Å². The summed E-state index contributed by atoms with van der Waals surface area (Å²) in [6, 6.07) is 0. The molecule has 1 rings (SSSR count). The lowest BCUT2D eigenvalue weighted by Gasteiger charge is -2.26. The number of ether oxygens (including phenoxy) is 1. The molecular weight excluding hydrogens is 204 g/mol. The van der Waals surface area contributed by atoms with Gasteiger partial charge in [0.1, 0.15) is 0 Å². The van der Waals surface area contributed by atoms with Crippen molar-refractivity contribution in [3.63, 3.8) is 0 Å². The minimum atomic E-state index is 0.330. The van der Waals surface area contributed by atoms with Crippen LogP contribution in [0.5, 0.6) is 0 Å². The van der Waals surface area contributed by atoms with Crippen LogP contribution in [0.25, 0.3) is 0 Å². The zero-order valence-electron chi connectivity index (χ0n) is 10.3. The first-order valence-corrected chi connectivity index (χ1v) is 6.55. The van der Waals surface area contributed by atoms with Gasteiger partial charge in [-0.1, -0.05) is 0 Å². The first-order valence-electron chi connectivity index (χ1n) is 6.55. The van der Waals surface area contributed by atoms with Crippen molar-refractivity contribution in [2.45, 2.75) is 25.7 Å². The standard InChI is InChI=1S/C12H26N2O2/c15-10-3-1-2-5-13-6-4-7-14-8-11-16-12-9-14/h13,15H,1-12H2. The largest absolute Gasteiger partial charge is 0.396 e. The molecule has 0 bridgehead atoms. The van der Waals surface area contributed by atoms with E-state index in [2.05, 4.69) is 10.2 Å². The van der Waals surface area contributed by atoms with Crippen molar-refractivity contribution >= 4 is 0 Å². The number of aliphatic hydroxyl groups is 1. The molecule has 96 valence electrons. The highest BCUT2D eigenvalue weighted by molar-refractivity contribution is 4.62. The third-order valence-electron chi connectivity index (χ3n) is 2.94. The van der Waals surface area contributed by atoms with Gasteiger partial charge in [-0.3, -0.25) is 4.90 Å². The second-order valence-corrected chi connectivity index (χ2v) is 4.34. The number of hydrogen-bond acceptors (Lipinski definition) is 4. The van der Waals surface area contributed by atoms with Crippen LogP contribution < -0.4 is 5.32 Å².